The van der Waals surface area contributed by atoms with Crippen molar-refractivity contribution in [2.75, 3.05) is 5.75 Å². The zero-order chi connectivity index (χ0) is 24.3. The number of rotatable bonds is 20. The molecule has 6 heteroatoms. The minimum atomic E-state index is -0.814. The van der Waals surface area contributed by atoms with Gasteiger partial charge in [0, 0.05) is 12.8 Å². The lowest BCUT2D eigenvalue weighted by molar-refractivity contribution is -0.138. The van der Waals surface area contributed by atoms with Crippen LogP contribution in [0.2, 0.25) is 0 Å². The van der Waals surface area contributed by atoms with E-state index in [1.54, 1.807) is 11.8 Å². The van der Waals surface area contributed by atoms with E-state index in [4.69, 9.17) is 10.2 Å². The molecule has 1 aliphatic rings. The van der Waals surface area contributed by atoms with Gasteiger partial charge in [0.15, 0.2) is 0 Å². The van der Waals surface area contributed by atoms with E-state index in [1.807, 2.05) is 0 Å². The highest BCUT2D eigenvalue weighted by Crippen LogP contribution is 2.39. The lowest BCUT2D eigenvalue weighted by Crippen LogP contribution is -2.37. The van der Waals surface area contributed by atoms with Crippen molar-refractivity contribution in [3.63, 3.8) is 0 Å². The molecule has 0 radical (unpaired) electrons. The number of hydrogen-bond acceptors (Lipinski definition) is 4. The van der Waals surface area contributed by atoms with Crippen LogP contribution in [0.15, 0.2) is 11.6 Å². The summed E-state index contributed by atoms with van der Waals surface area (Å²) >= 11 is 1.65. The van der Waals surface area contributed by atoms with Crippen LogP contribution in [0.3, 0.4) is 0 Å². The summed E-state index contributed by atoms with van der Waals surface area (Å²) in [6.45, 7) is 2.26. The van der Waals surface area contributed by atoms with E-state index in [0.29, 0.717) is 18.6 Å². The summed E-state index contributed by atoms with van der Waals surface area (Å²) in [5.41, 5.74) is 1.28. The minimum absolute atomic E-state index is 0.0113. The Labute approximate surface area is 205 Å². The predicted octanol–water partition coefficient (Wildman–Crippen LogP) is 7.22. The Balaban J connectivity index is 2.36. The quantitative estimate of drug-likeness (QED) is 0.125. The fourth-order valence-electron chi connectivity index (χ4n) is 4.71. The van der Waals surface area contributed by atoms with E-state index in [2.05, 4.69) is 13.0 Å². The Morgan fingerprint density at radius 2 is 1.45 bits per heavy atom. The summed E-state index contributed by atoms with van der Waals surface area (Å²) in [5, 5.41) is 28.8. The third-order valence-corrected chi connectivity index (χ3v) is 8.20. The van der Waals surface area contributed by atoms with Gasteiger partial charge in [-0.3, -0.25) is 9.59 Å². The van der Waals surface area contributed by atoms with Crippen LogP contribution in [0.1, 0.15) is 122 Å². The van der Waals surface area contributed by atoms with E-state index in [0.717, 1.165) is 19.3 Å². The molecular weight excluding hydrogens is 436 g/mol. The van der Waals surface area contributed by atoms with Crippen LogP contribution in [0.5, 0.6) is 0 Å². The maximum Gasteiger partial charge on any atom is 0.303 e. The number of thioether (sulfide) groups is 1. The van der Waals surface area contributed by atoms with Gasteiger partial charge in [0.2, 0.25) is 0 Å². The number of aliphatic hydroxyl groups excluding tert-OH is 1. The summed E-state index contributed by atoms with van der Waals surface area (Å²) in [6, 6.07) is 0. The van der Waals surface area contributed by atoms with Crippen molar-refractivity contribution in [1.82, 2.24) is 0 Å². The molecule has 3 N–H and O–H groups in total. The molecule has 5 nitrogen and oxygen atoms in total. The summed E-state index contributed by atoms with van der Waals surface area (Å²) in [7, 11) is 0. The summed E-state index contributed by atoms with van der Waals surface area (Å²) in [6.07, 6.45) is 20.5. The number of carbonyl (C=O) groups is 2. The van der Waals surface area contributed by atoms with E-state index in [-0.39, 0.29) is 24.0 Å². The predicted molar refractivity (Wildman–Crippen MR) is 138 cm³/mol. The molecule has 1 fully saturated rings. The molecule has 33 heavy (non-hydrogen) atoms. The van der Waals surface area contributed by atoms with E-state index in [1.165, 1.54) is 76.2 Å². The molecule has 0 aromatic carbocycles. The van der Waals surface area contributed by atoms with Crippen LogP contribution in [-0.2, 0) is 9.59 Å². The normalized spacial score (nSPS) is 22.0. The molecule has 0 amide bonds. The first kappa shape index (κ1) is 30.0. The van der Waals surface area contributed by atoms with Gasteiger partial charge in [-0.1, -0.05) is 82.8 Å². The Morgan fingerprint density at radius 3 is 2.03 bits per heavy atom. The van der Waals surface area contributed by atoms with Crippen LogP contribution in [-0.4, -0.2) is 44.4 Å². The zero-order valence-corrected chi connectivity index (χ0v) is 21.6. The minimum Gasteiger partial charge on any atom is -0.481 e. The van der Waals surface area contributed by atoms with Gasteiger partial charge in [0.25, 0.3) is 0 Å². The van der Waals surface area contributed by atoms with Gasteiger partial charge in [0.1, 0.15) is 0 Å². The van der Waals surface area contributed by atoms with Gasteiger partial charge in [-0.05, 0) is 50.2 Å². The van der Waals surface area contributed by atoms with E-state index >= 15 is 0 Å². The number of allylic oxidation sites excluding steroid dienone is 1. The van der Waals surface area contributed by atoms with Gasteiger partial charge in [-0.2, -0.15) is 11.8 Å². The first-order chi connectivity index (χ1) is 16.0. The maximum atomic E-state index is 11.0. The fraction of sp³-hybridized carbons (Fsp3) is 0.852. The first-order valence-electron chi connectivity index (χ1n) is 13.4. The van der Waals surface area contributed by atoms with Crippen LogP contribution >= 0.6 is 11.8 Å². The SMILES string of the molecule is CCCCCCCCCCCCC/C=C1\CC[C@@H](CCC(=O)O)[C@H](O)[C@H]1SCCCC(=O)O. The molecule has 192 valence electrons. The lowest BCUT2D eigenvalue weighted by Gasteiger charge is -2.36. The highest BCUT2D eigenvalue weighted by molar-refractivity contribution is 8.00. The molecule has 0 aliphatic heterocycles. The van der Waals surface area contributed by atoms with Crippen LogP contribution in [0.4, 0.5) is 0 Å². The monoisotopic (exact) mass is 484 g/mol. The molecule has 1 aliphatic carbocycles. The molecule has 3 atom stereocenters. The summed E-state index contributed by atoms with van der Waals surface area (Å²) in [4.78, 5) is 21.7. The Bertz CT molecular complexity index is 563. The molecular formula is C27H48O5S. The number of carboxylic acids is 2. The number of carboxylic acid groups (broad SMARTS) is 2. The van der Waals surface area contributed by atoms with Crippen LogP contribution in [0, 0.1) is 5.92 Å². The van der Waals surface area contributed by atoms with Crippen molar-refractivity contribution >= 4 is 23.7 Å². The first-order valence-corrected chi connectivity index (χ1v) is 14.4. The standard InChI is InChI=1S/C27H48O5S/c1-2-3-4-5-6-7-8-9-10-11-12-13-15-23-18-17-22(19-20-25(30)31)26(32)27(23)33-21-14-16-24(28)29/h15,22,26-27,32H,2-14,16-21H2,1H3,(H,28,29)(H,30,31)/b23-15+/t22-,26-,27-/m0/s1. The van der Waals surface area contributed by atoms with E-state index in [9.17, 15) is 14.7 Å². The van der Waals surface area contributed by atoms with Crippen LogP contribution in [0.25, 0.3) is 0 Å². The van der Waals surface area contributed by atoms with Gasteiger partial charge in [-0.15, -0.1) is 0 Å². The molecule has 0 heterocycles. The smallest absolute Gasteiger partial charge is 0.303 e. The van der Waals surface area contributed by atoms with Gasteiger partial charge in [-0.25, -0.2) is 0 Å². The highest BCUT2D eigenvalue weighted by Gasteiger charge is 2.35. The van der Waals surface area contributed by atoms with Crippen LogP contribution < -0.4 is 0 Å². The van der Waals surface area contributed by atoms with Crippen molar-refractivity contribution in [2.24, 2.45) is 5.92 Å². The topological polar surface area (TPSA) is 94.8 Å². The Morgan fingerprint density at radius 1 is 0.879 bits per heavy atom. The number of hydrogen-bond donors (Lipinski definition) is 3. The molecule has 1 rings (SSSR count). The molecule has 0 bridgehead atoms. The second-order valence-electron chi connectivity index (χ2n) is 9.61. The molecule has 0 spiro atoms. The van der Waals surface area contributed by atoms with Gasteiger partial charge >= 0.3 is 11.9 Å². The number of aliphatic hydroxyl groups is 1. The Hall–Kier alpha value is -1.01. The molecule has 0 aromatic heterocycles. The third kappa shape index (κ3) is 14.8. The average molecular weight is 485 g/mol. The second kappa shape index (κ2) is 19.3. The molecule has 0 aromatic rings. The van der Waals surface area contributed by atoms with Gasteiger partial charge < -0.3 is 15.3 Å². The van der Waals surface area contributed by atoms with Crippen molar-refractivity contribution in [3.05, 3.63) is 11.6 Å². The summed E-state index contributed by atoms with van der Waals surface area (Å²) in [5.74, 6) is -0.885. The maximum absolute atomic E-state index is 11.0. The van der Waals surface area contributed by atoms with Gasteiger partial charge in [0.05, 0.1) is 11.4 Å². The number of aliphatic carboxylic acids is 2. The highest BCUT2D eigenvalue weighted by atomic mass is 32.2. The van der Waals surface area contributed by atoms with E-state index < -0.39 is 18.0 Å². The number of unbranched alkanes of at least 4 members (excludes halogenated alkanes) is 11. The van der Waals surface area contributed by atoms with Crippen molar-refractivity contribution < 1.29 is 24.9 Å². The second-order valence-corrected chi connectivity index (χ2v) is 10.9. The van der Waals surface area contributed by atoms with Crippen molar-refractivity contribution in [2.45, 2.75) is 134 Å². The average Bonchev–Trinajstić information content (AvgIpc) is 2.77. The zero-order valence-electron chi connectivity index (χ0n) is 20.8. The van der Waals surface area contributed by atoms with Crippen molar-refractivity contribution in [1.29, 1.82) is 0 Å². The molecule has 0 saturated heterocycles. The Kier molecular flexibility index (Phi) is 17.6. The molecule has 1 saturated carbocycles. The molecule has 0 unspecified atom stereocenters. The third-order valence-electron chi connectivity index (χ3n) is 6.74. The lowest BCUT2D eigenvalue weighted by atomic mass is 9.80. The summed E-state index contributed by atoms with van der Waals surface area (Å²) < 4.78 is 0. The fourth-order valence-corrected chi connectivity index (χ4v) is 6.12. The largest absolute Gasteiger partial charge is 0.481 e. The van der Waals surface area contributed by atoms with Crippen molar-refractivity contribution in [3.8, 4) is 0 Å².